The van der Waals surface area contributed by atoms with Crippen LogP contribution in [0.1, 0.15) is 5.56 Å². The highest BCUT2D eigenvalue weighted by molar-refractivity contribution is 8.13. The largest absolute Gasteiger partial charge is 0.491 e. The van der Waals surface area contributed by atoms with E-state index in [2.05, 4.69) is 0 Å². The van der Waals surface area contributed by atoms with Gasteiger partial charge in [-0.1, -0.05) is 11.6 Å². The molecule has 0 saturated carbocycles. The number of hydrogen-bond donors (Lipinski definition) is 0. The first-order valence-electron chi connectivity index (χ1n) is 5.27. The summed E-state index contributed by atoms with van der Waals surface area (Å²) in [5.74, 6) is 0.500. The van der Waals surface area contributed by atoms with Gasteiger partial charge in [-0.25, -0.2) is 8.42 Å². The van der Waals surface area contributed by atoms with Gasteiger partial charge in [0.1, 0.15) is 12.4 Å². The molecule has 0 radical (unpaired) electrons. The normalized spacial score (nSPS) is 11.5. The van der Waals surface area contributed by atoms with Gasteiger partial charge in [0.2, 0.25) is 9.05 Å². The second kappa shape index (κ2) is 7.19. The third kappa shape index (κ3) is 6.44. The molecule has 0 spiro atoms. The molecule has 0 N–H and O–H groups in total. The van der Waals surface area contributed by atoms with Crippen LogP contribution in [0.15, 0.2) is 18.2 Å². The average molecular weight is 313 g/mol. The van der Waals surface area contributed by atoms with E-state index in [9.17, 15) is 8.42 Å². The van der Waals surface area contributed by atoms with Crippen molar-refractivity contribution in [2.75, 3.05) is 25.6 Å². The van der Waals surface area contributed by atoms with Crippen LogP contribution in [0, 0.1) is 6.92 Å². The molecule has 1 aromatic carbocycles. The van der Waals surface area contributed by atoms with Crippen LogP contribution in [0.25, 0.3) is 0 Å². The monoisotopic (exact) mass is 312 g/mol. The van der Waals surface area contributed by atoms with Gasteiger partial charge in [-0.3, -0.25) is 0 Å². The molecule has 0 aliphatic heterocycles. The Morgan fingerprint density at radius 2 is 1.94 bits per heavy atom. The number of hydrogen-bond acceptors (Lipinski definition) is 4. The standard InChI is InChI=1S/C11H14Cl2O4S/c1-9-8-10(2-3-11(9)12)17-5-4-16-6-7-18(13,14)15/h2-3,8H,4-7H2,1H3. The topological polar surface area (TPSA) is 52.6 Å². The molecule has 7 heteroatoms. The fraction of sp³-hybridized carbons (Fsp3) is 0.455. The van der Waals surface area contributed by atoms with Gasteiger partial charge in [-0.15, -0.1) is 0 Å². The van der Waals surface area contributed by atoms with Crippen LogP contribution in [-0.4, -0.2) is 34.0 Å². The number of ether oxygens (including phenoxy) is 2. The van der Waals surface area contributed by atoms with Crippen molar-refractivity contribution in [3.8, 4) is 5.75 Å². The first kappa shape index (κ1) is 15.6. The molecule has 4 nitrogen and oxygen atoms in total. The van der Waals surface area contributed by atoms with Gasteiger partial charge in [-0.2, -0.15) is 0 Å². The zero-order chi connectivity index (χ0) is 13.6. The van der Waals surface area contributed by atoms with Crippen molar-refractivity contribution in [3.05, 3.63) is 28.8 Å². The Bertz CT molecular complexity index is 488. The number of halogens is 2. The molecular weight excluding hydrogens is 299 g/mol. The van der Waals surface area contributed by atoms with Gasteiger partial charge < -0.3 is 9.47 Å². The molecule has 18 heavy (non-hydrogen) atoms. The maximum atomic E-state index is 10.6. The number of rotatable bonds is 7. The molecule has 0 aromatic heterocycles. The number of aryl methyl sites for hydroxylation is 1. The predicted molar refractivity (Wildman–Crippen MR) is 72.1 cm³/mol. The van der Waals surface area contributed by atoms with Gasteiger partial charge in [0, 0.05) is 15.7 Å². The SMILES string of the molecule is Cc1cc(OCCOCCS(=O)(=O)Cl)ccc1Cl. The molecule has 0 unspecified atom stereocenters. The van der Waals surface area contributed by atoms with E-state index in [4.69, 9.17) is 31.8 Å². The van der Waals surface area contributed by atoms with Crippen LogP contribution >= 0.6 is 22.3 Å². The maximum absolute atomic E-state index is 10.6. The molecule has 0 amide bonds. The summed E-state index contributed by atoms with van der Waals surface area (Å²) in [5.41, 5.74) is 0.934. The van der Waals surface area contributed by atoms with E-state index < -0.39 is 9.05 Å². The highest BCUT2D eigenvalue weighted by Gasteiger charge is 2.04. The van der Waals surface area contributed by atoms with E-state index in [0.29, 0.717) is 24.0 Å². The minimum Gasteiger partial charge on any atom is -0.491 e. The van der Waals surface area contributed by atoms with Crippen molar-refractivity contribution in [1.29, 1.82) is 0 Å². The fourth-order valence-corrected chi connectivity index (χ4v) is 1.81. The van der Waals surface area contributed by atoms with Crippen LogP contribution in [0.3, 0.4) is 0 Å². The maximum Gasteiger partial charge on any atom is 0.234 e. The van der Waals surface area contributed by atoms with E-state index in [-0.39, 0.29) is 12.4 Å². The molecule has 0 aliphatic rings. The summed E-state index contributed by atoms with van der Waals surface area (Å²) < 4.78 is 31.7. The summed E-state index contributed by atoms with van der Waals surface area (Å²) in [6.45, 7) is 2.59. The summed E-state index contributed by atoms with van der Waals surface area (Å²) in [6, 6.07) is 5.34. The Kier molecular flexibility index (Phi) is 6.21. The third-order valence-electron chi connectivity index (χ3n) is 2.10. The summed E-state index contributed by atoms with van der Waals surface area (Å²) in [5, 5.41) is 0.686. The van der Waals surface area contributed by atoms with Crippen LogP contribution in [0.5, 0.6) is 5.75 Å². The Hall–Kier alpha value is -0.490. The lowest BCUT2D eigenvalue weighted by molar-refractivity contribution is 0.111. The van der Waals surface area contributed by atoms with Crippen LogP contribution in [-0.2, 0) is 13.8 Å². The lowest BCUT2D eigenvalue weighted by Crippen LogP contribution is -2.12. The lowest BCUT2D eigenvalue weighted by Gasteiger charge is -2.08. The van der Waals surface area contributed by atoms with Gasteiger partial charge in [0.15, 0.2) is 0 Å². The van der Waals surface area contributed by atoms with Crippen molar-refractivity contribution in [2.45, 2.75) is 6.92 Å². The Morgan fingerprint density at radius 3 is 2.56 bits per heavy atom. The lowest BCUT2D eigenvalue weighted by atomic mass is 10.2. The van der Waals surface area contributed by atoms with Crippen molar-refractivity contribution in [1.82, 2.24) is 0 Å². The minimum atomic E-state index is -3.48. The Labute approximate surface area is 116 Å². The van der Waals surface area contributed by atoms with E-state index in [1.54, 1.807) is 12.1 Å². The molecule has 0 atom stereocenters. The molecule has 1 aromatic rings. The fourth-order valence-electron chi connectivity index (χ4n) is 1.19. The first-order valence-corrected chi connectivity index (χ1v) is 8.13. The smallest absolute Gasteiger partial charge is 0.234 e. The molecule has 0 aliphatic carbocycles. The third-order valence-corrected chi connectivity index (χ3v) is 3.64. The second-order valence-corrected chi connectivity index (χ2v) is 6.92. The molecule has 1 rings (SSSR count). The Balaban J connectivity index is 2.20. The van der Waals surface area contributed by atoms with Crippen molar-refractivity contribution in [3.63, 3.8) is 0 Å². The van der Waals surface area contributed by atoms with Crippen LogP contribution in [0.4, 0.5) is 0 Å². The highest BCUT2D eigenvalue weighted by Crippen LogP contribution is 2.20. The van der Waals surface area contributed by atoms with E-state index in [1.165, 1.54) is 0 Å². The quantitative estimate of drug-likeness (QED) is 0.573. The zero-order valence-electron chi connectivity index (χ0n) is 9.86. The molecule has 0 fully saturated rings. The van der Waals surface area contributed by atoms with Crippen molar-refractivity contribution >= 4 is 31.3 Å². The minimum absolute atomic E-state index is 0.0643. The molecular formula is C11H14Cl2O4S. The summed E-state index contributed by atoms with van der Waals surface area (Å²) in [6.07, 6.45) is 0. The summed E-state index contributed by atoms with van der Waals surface area (Å²) >= 11 is 5.88. The highest BCUT2D eigenvalue weighted by atomic mass is 35.7. The number of benzene rings is 1. The first-order chi connectivity index (χ1) is 8.38. The second-order valence-electron chi connectivity index (χ2n) is 3.61. The van der Waals surface area contributed by atoms with Gasteiger partial charge >= 0.3 is 0 Å². The summed E-state index contributed by atoms with van der Waals surface area (Å²) in [4.78, 5) is 0. The van der Waals surface area contributed by atoms with Gasteiger partial charge in [-0.05, 0) is 30.7 Å². The van der Waals surface area contributed by atoms with Crippen molar-refractivity contribution in [2.24, 2.45) is 0 Å². The predicted octanol–water partition coefficient (Wildman–Crippen LogP) is 2.61. The van der Waals surface area contributed by atoms with Crippen LogP contribution in [0.2, 0.25) is 5.02 Å². The van der Waals surface area contributed by atoms with E-state index in [0.717, 1.165) is 5.56 Å². The Morgan fingerprint density at radius 1 is 1.22 bits per heavy atom. The average Bonchev–Trinajstić information content (AvgIpc) is 2.26. The van der Waals surface area contributed by atoms with Gasteiger partial charge in [0.25, 0.3) is 0 Å². The van der Waals surface area contributed by atoms with Gasteiger partial charge in [0.05, 0.1) is 19.0 Å². The van der Waals surface area contributed by atoms with Crippen molar-refractivity contribution < 1.29 is 17.9 Å². The molecule has 0 heterocycles. The molecule has 102 valence electrons. The summed E-state index contributed by atoms with van der Waals surface area (Å²) in [7, 11) is 1.54. The van der Waals surface area contributed by atoms with E-state index >= 15 is 0 Å². The zero-order valence-corrected chi connectivity index (χ0v) is 12.2. The molecule has 0 bridgehead atoms. The molecule has 0 saturated heterocycles. The van der Waals surface area contributed by atoms with Crippen LogP contribution < -0.4 is 4.74 Å². The van der Waals surface area contributed by atoms with E-state index in [1.807, 2.05) is 13.0 Å².